The number of amides is 1. The number of fused-ring (bicyclic) bond motifs is 1. The van der Waals surface area contributed by atoms with E-state index in [2.05, 4.69) is 0 Å². The number of methoxy groups -OCH3 is 2. The Morgan fingerprint density at radius 3 is 2.52 bits per heavy atom. The number of furan rings is 1. The Balaban J connectivity index is 1.72. The van der Waals surface area contributed by atoms with Crippen molar-refractivity contribution < 1.29 is 23.4 Å². The van der Waals surface area contributed by atoms with Crippen LogP contribution in [0.2, 0.25) is 0 Å². The fourth-order valence-corrected chi connectivity index (χ4v) is 2.91. The summed E-state index contributed by atoms with van der Waals surface area (Å²) in [6, 6.07) is 12.9. The molecule has 0 N–H and O–H groups in total. The third-order valence-electron chi connectivity index (χ3n) is 4.39. The largest absolute Gasteiger partial charge is 0.497 e. The smallest absolute Gasteiger partial charge is 0.257 e. The SMILES string of the molecule is COc1ccc2oc(C)c(C(=O)N(C)CCOc3ccccc3OC)c2c1. The Morgan fingerprint density at radius 1 is 1.07 bits per heavy atom. The highest BCUT2D eigenvalue weighted by Crippen LogP contribution is 2.30. The first kappa shape index (κ1) is 18.6. The first-order chi connectivity index (χ1) is 13.0. The Kier molecular flexibility index (Phi) is 5.54. The molecule has 0 aliphatic carbocycles. The van der Waals surface area contributed by atoms with Gasteiger partial charge in [0.2, 0.25) is 0 Å². The predicted octanol–water partition coefficient (Wildman–Crippen LogP) is 3.91. The second-order valence-corrected chi connectivity index (χ2v) is 6.12. The molecule has 1 aromatic heterocycles. The van der Waals surface area contributed by atoms with E-state index in [0.29, 0.717) is 47.3 Å². The molecule has 0 saturated carbocycles. The number of likely N-dealkylation sites (N-methyl/N-ethyl adjacent to an activating group) is 1. The number of carbonyl (C=O) groups excluding carboxylic acids is 1. The molecule has 2 aromatic carbocycles. The third kappa shape index (κ3) is 3.84. The first-order valence-corrected chi connectivity index (χ1v) is 8.63. The summed E-state index contributed by atoms with van der Waals surface area (Å²) in [5, 5.41) is 0.745. The lowest BCUT2D eigenvalue weighted by Gasteiger charge is -2.18. The number of ether oxygens (including phenoxy) is 3. The zero-order valence-corrected chi connectivity index (χ0v) is 15.9. The van der Waals surface area contributed by atoms with Crippen LogP contribution in [0.3, 0.4) is 0 Å². The summed E-state index contributed by atoms with van der Waals surface area (Å²) in [6.45, 7) is 2.56. The zero-order valence-electron chi connectivity index (χ0n) is 15.9. The summed E-state index contributed by atoms with van der Waals surface area (Å²) in [6.07, 6.45) is 0. The van der Waals surface area contributed by atoms with Crippen molar-refractivity contribution in [2.24, 2.45) is 0 Å². The lowest BCUT2D eigenvalue weighted by atomic mass is 10.1. The molecule has 0 unspecified atom stereocenters. The molecule has 3 aromatic rings. The van der Waals surface area contributed by atoms with Crippen LogP contribution < -0.4 is 14.2 Å². The molecule has 3 rings (SSSR count). The van der Waals surface area contributed by atoms with Gasteiger partial charge in [0.25, 0.3) is 5.91 Å². The van der Waals surface area contributed by atoms with Crippen LogP contribution in [0.15, 0.2) is 46.9 Å². The Labute approximate surface area is 158 Å². The topological polar surface area (TPSA) is 61.1 Å². The van der Waals surface area contributed by atoms with Gasteiger partial charge in [-0.15, -0.1) is 0 Å². The summed E-state index contributed by atoms with van der Waals surface area (Å²) in [5.41, 5.74) is 1.21. The van der Waals surface area contributed by atoms with E-state index in [1.165, 1.54) is 0 Å². The lowest BCUT2D eigenvalue weighted by Crippen LogP contribution is -2.31. The highest BCUT2D eigenvalue weighted by molar-refractivity contribution is 6.07. The summed E-state index contributed by atoms with van der Waals surface area (Å²) in [5.74, 6) is 2.45. The molecule has 1 heterocycles. The van der Waals surface area contributed by atoms with Crippen LogP contribution in [0.4, 0.5) is 0 Å². The number of carbonyl (C=O) groups is 1. The molecule has 0 radical (unpaired) electrons. The molecule has 0 spiro atoms. The molecule has 0 fully saturated rings. The van der Waals surface area contributed by atoms with Gasteiger partial charge in [0.05, 0.1) is 26.3 Å². The van der Waals surface area contributed by atoms with Crippen molar-refractivity contribution in [1.29, 1.82) is 0 Å². The zero-order chi connectivity index (χ0) is 19.4. The van der Waals surface area contributed by atoms with Gasteiger partial charge in [-0.1, -0.05) is 12.1 Å². The molecule has 6 heteroatoms. The van der Waals surface area contributed by atoms with Crippen LogP contribution in [0.25, 0.3) is 11.0 Å². The van der Waals surface area contributed by atoms with Crippen molar-refractivity contribution in [3.8, 4) is 17.2 Å². The van der Waals surface area contributed by atoms with Gasteiger partial charge in [-0.2, -0.15) is 0 Å². The highest BCUT2D eigenvalue weighted by atomic mass is 16.5. The van der Waals surface area contributed by atoms with Crippen molar-refractivity contribution >= 4 is 16.9 Å². The quantitative estimate of drug-likeness (QED) is 0.632. The molecule has 1 amide bonds. The maximum absolute atomic E-state index is 13.0. The molecule has 6 nitrogen and oxygen atoms in total. The molecule has 0 saturated heterocycles. The number of rotatable bonds is 7. The minimum Gasteiger partial charge on any atom is -0.497 e. The van der Waals surface area contributed by atoms with Gasteiger partial charge in [-0.25, -0.2) is 0 Å². The second kappa shape index (κ2) is 8.03. The molecule has 0 atom stereocenters. The second-order valence-electron chi connectivity index (χ2n) is 6.12. The van der Waals surface area contributed by atoms with E-state index in [1.807, 2.05) is 42.5 Å². The van der Waals surface area contributed by atoms with Crippen LogP contribution in [-0.4, -0.2) is 45.2 Å². The molecular formula is C21H23NO5. The van der Waals surface area contributed by atoms with E-state index in [0.717, 1.165) is 5.39 Å². The molecule has 27 heavy (non-hydrogen) atoms. The Hall–Kier alpha value is -3.15. The average Bonchev–Trinajstić information content (AvgIpc) is 3.02. The summed E-state index contributed by atoms with van der Waals surface area (Å²) in [7, 11) is 4.93. The number of para-hydroxylation sites is 2. The van der Waals surface area contributed by atoms with Crippen molar-refractivity contribution in [2.45, 2.75) is 6.92 Å². The number of benzene rings is 2. The summed E-state index contributed by atoms with van der Waals surface area (Å²) < 4.78 is 22.0. The maximum Gasteiger partial charge on any atom is 0.257 e. The van der Waals surface area contributed by atoms with Crippen molar-refractivity contribution in [1.82, 2.24) is 4.90 Å². The van der Waals surface area contributed by atoms with Gasteiger partial charge in [-0.3, -0.25) is 4.79 Å². The van der Waals surface area contributed by atoms with Gasteiger partial charge in [-0.05, 0) is 37.3 Å². The number of aryl methyl sites for hydroxylation is 1. The number of nitrogens with zero attached hydrogens (tertiary/aromatic N) is 1. The first-order valence-electron chi connectivity index (χ1n) is 8.63. The minimum atomic E-state index is -0.122. The Bertz CT molecular complexity index is 947. The third-order valence-corrected chi connectivity index (χ3v) is 4.39. The lowest BCUT2D eigenvalue weighted by molar-refractivity contribution is 0.0773. The summed E-state index contributed by atoms with van der Waals surface area (Å²) >= 11 is 0. The van der Waals surface area contributed by atoms with E-state index in [-0.39, 0.29) is 5.91 Å². The van der Waals surface area contributed by atoms with Crippen molar-refractivity contribution in [3.05, 3.63) is 53.8 Å². The van der Waals surface area contributed by atoms with Crippen LogP contribution in [0.1, 0.15) is 16.1 Å². The van der Waals surface area contributed by atoms with E-state index < -0.39 is 0 Å². The molecule has 0 aliphatic heterocycles. The van der Waals surface area contributed by atoms with E-state index in [4.69, 9.17) is 18.6 Å². The standard InChI is InChI=1S/C21H23NO5/c1-14-20(16-13-15(24-3)9-10-17(16)27-14)21(23)22(2)11-12-26-19-8-6-5-7-18(19)25-4/h5-10,13H,11-12H2,1-4H3. The van der Waals surface area contributed by atoms with Crippen molar-refractivity contribution in [3.63, 3.8) is 0 Å². The molecular weight excluding hydrogens is 346 g/mol. The number of hydrogen-bond acceptors (Lipinski definition) is 5. The highest BCUT2D eigenvalue weighted by Gasteiger charge is 2.22. The van der Waals surface area contributed by atoms with E-state index in [9.17, 15) is 4.79 Å². The molecule has 0 bridgehead atoms. The fraction of sp³-hybridized carbons (Fsp3) is 0.286. The van der Waals surface area contributed by atoms with Gasteiger partial charge >= 0.3 is 0 Å². The molecule has 0 aliphatic rings. The average molecular weight is 369 g/mol. The van der Waals surface area contributed by atoms with Crippen LogP contribution >= 0.6 is 0 Å². The maximum atomic E-state index is 13.0. The van der Waals surface area contributed by atoms with Crippen molar-refractivity contribution in [2.75, 3.05) is 34.4 Å². The number of hydrogen-bond donors (Lipinski definition) is 0. The Morgan fingerprint density at radius 2 is 1.81 bits per heavy atom. The molecule has 142 valence electrons. The minimum absolute atomic E-state index is 0.122. The van der Waals surface area contributed by atoms with E-state index >= 15 is 0 Å². The monoisotopic (exact) mass is 369 g/mol. The fourth-order valence-electron chi connectivity index (χ4n) is 2.91. The normalized spacial score (nSPS) is 10.7. The van der Waals surface area contributed by atoms with Gasteiger partial charge in [0.15, 0.2) is 11.5 Å². The summed E-state index contributed by atoms with van der Waals surface area (Å²) in [4.78, 5) is 14.6. The predicted molar refractivity (Wildman–Crippen MR) is 103 cm³/mol. The van der Waals surface area contributed by atoms with Crippen LogP contribution in [0, 0.1) is 6.92 Å². The van der Waals surface area contributed by atoms with Gasteiger partial charge in [0.1, 0.15) is 23.7 Å². The van der Waals surface area contributed by atoms with Crippen LogP contribution in [-0.2, 0) is 0 Å². The van der Waals surface area contributed by atoms with Gasteiger partial charge in [0, 0.05) is 12.4 Å². The van der Waals surface area contributed by atoms with E-state index in [1.54, 1.807) is 33.1 Å². The van der Waals surface area contributed by atoms with Crippen LogP contribution in [0.5, 0.6) is 17.2 Å². The van der Waals surface area contributed by atoms with Gasteiger partial charge < -0.3 is 23.5 Å².